The Balaban J connectivity index is 1.32. The number of thiophene rings is 1. The average Bonchev–Trinajstić information content (AvgIpc) is 3.14. The Bertz CT molecular complexity index is 551. The van der Waals surface area contributed by atoms with Crippen molar-refractivity contribution in [3.05, 3.63) is 22.4 Å². The van der Waals surface area contributed by atoms with Crippen LogP contribution in [0.4, 0.5) is 0 Å². The van der Waals surface area contributed by atoms with Crippen LogP contribution in [0.2, 0.25) is 0 Å². The fourth-order valence-corrected chi connectivity index (χ4v) is 4.08. The number of nitrogens with one attached hydrogen (secondary N) is 1. The number of carboxylic acids is 1. The van der Waals surface area contributed by atoms with Gasteiger partial charge in [0, 0.05) is 29.9 Å². The lowest BCUT2D eigenvalue weighted by Crippen LogP contribution is -2.55. The molecular weight excluding hydrogens is 324 g/mol. The van der Waals surface area contributed by atoms with E-state index >= 15 is 0 Å². The summed E-state index contributed by atoms with van der Waals surface area (Å²) in [6.07, 6.45) is 6.65. The van der Waals surface area contributed by atoms with Gasteiger partial charge in [0.05, 0.1) is 6.54 Å². The molecule has 0 aromatic carbocycles. The molecule has 2 aliphatic rings. The van der Waals surface area contributed by atoms with Crippen LogP contribution >= 0.6 is 11.3 Å². The minimum Gasteiger partial charge on any atom is -0.480 e. The van der Waals surface area contributed by atoms with Crippen molar-refractivity contribution in [1.82, 2.24) is 10.2 Å². The summed E-state index contributed by atoms with van der Waals surface area (Å²) in [6.45, 7) is 1.03. The van der Waals surface area contributed by atoms with Crippen molar-refractivity contribution < 1.29 is 14.7 Å². The van der Waals surface area contributed by atoms with Crippen LogP contribution in [-0.4, -0.2) is 47.1 Å². The lowest BCUT2D eigenvalue weighted by Gasteiger charge is -2.42. The van der Waals surface area contributed by atoms with Crippen LogP contribution in [0.1, 0.15) is 43.4 Å². The molecule has 0 saturated heterocycles. The van der Waals surface area contributed by atoms with E-state index in [2.05, 4.69) is 21.7 Å². The van der Waals surface area contributed by atoms with Crippen molar-refractivity contribution in [2.75, 3.05) is 13.1 Å². The summed E-state index contributed by atoms with van der Waals surface area (Å²) in [7, 11) is 0. The molecule has 2 aliphatic carbocycles. The zero-order chi connectivity index (χ0) is 16.9. The first-order chi connectivity index (χ1) is 11.6. The molecule has 0 unspecified atom stereocenters. The van der Waals surface area contributed by atoms with Gasteiger partial charge in [0.15, 0.2) is 0 Å². The van der Waals surface area contributed by atoms with Gasteiger partial charge in [-0.1, -0.05) is 6.07 Å². The SMILES string of the molecule is O=C(O)CN(CC1CC1)C1CC(NC(=O)CCCc2cccs2)C1. The minimum atomic E-state index is -0.753. The lowest BCUT2D eigenvalue weighted by molar-refractivity contribution is -0.140. The summed E-state index contributed by atoms with van der Waals surface area (Å²) in [5.74, 6) is 0.0638. The third kappa shape index (κ3) is 5.31. The van der Waals surface area contributed by atoms with Gasteiger partial charge in [0.2, 0.25) is 5.91 Å². The molecule has 0 aliphatic heterocycles. The molecule has 132 valence electrons. The number of rotatable bonds is 10. The van der Waals surface area contributed by atoms with Gasteiger partial charge in [-0.05, 0) is 55.9 Å². The molecule has 1 amide bonds. The van der Waals surface area contributed by atoms with Gasteiger partial charge in [0.1, 0.15) is 0 Å². The number of aliphatic carboxylic acids is 1. The van der Waals surface area contributed by atoms with Crippen LogP contribution in [0, 0.1) is 5.92 Å². The summed E-state index contributed by atoms with van der Waals surface area (Å²) < 4.78 is 0. The topological polar surface area (TPSA) is 69.6 Å². The van der Waals surface area contributed by atoms with Crippen molar-refractivity contribution in [3.63, 3.8) is 0 Å². The largest absolute Gasteiger partial charge is 0.480 e. The number of hydrogen-bond acceptors (Lipinski definition) is 4. The quantitative estimate of drug-likeness (QED) is 0.680. The maximum Gasteiger partial charge on any atom is 0.317 e. The predicted octanol–water partition coefficient (Wildman–Crippen LogP) is 2.51. The van der Waals surface area contributed by atoms with E-state index in [1.165, 1.54) is 17.7 Å². The highest BCUT2D eigenvalue weighted by atomic mass is 32.1. The lowest BCUT2D eigenvalue weighted by atomic mass is 9.85. The Morgan fingerprint density at radius 2 is 2.12 bits per heavy atom. The first kappa shape index (κ1) is 17.4. The molecular formula is C18H26N2O3S. The second-order valence-corrected chi connectivity index (χ2v) is 8.12. The highest BCUT2D eigenvalue weighted by Gasteiger charge is 2.37. The van der Waals surface area contributed by atoms with Crippen molar-refractivity contribution in [3.8, 4) is 0 Å². The van der Waals surface area contributed by atoms with E-state index < -0.39 is 5.97 Å². The van der Waals surface area contributed by atoms with Crippen molar-refractivity contribution in [2.45, 2.75) is 57.0 Å². The summed E-state index contributed by atoms with van der Waals surface area (Å²) in [6, 6.07) is 4.69. The summed E-state index contributed by atoms with van der Waals surface area (Å²) >= 11 is 1.74. The molecule has 1 aromatic heterocycles. The average molecular weight is 350 g/mol. The normalized spacial score (nSPS) is 23.0. The van der Waals surface area contributed by atoms with E-state index in [4.69, 9.17) is 5.11 Å². The molecule has 2 saturated carbocycles. The number of carbonyl (C=O) groups excluding carboxylic acids is 1. The Labute approximate surface area is 147 Å². The first-order valence-corrected chi connectivity index (χ1v) is 9.75. The highest BCUT2D eigenvalue weighted by molar-refractivity contribution is 7.09. The van der Waals surface area contributed by atoms with Crippen LogP contribution < -0.4 is 5.32 Å². The van der Waals surface area contributed by atoms with E-state index in [1.54, 1.807) is 11.3 Å². The van der Waals surface area contributed by atoms with E-state index in [1.807, 2.05) is 6.07 Å². The van der Waals surface area contributed by atoms with Gasteiger partial charge < -0.3 is 10.4 Å². The van der Waals surface area contributed by atoms with Crippen molar-refractivity contribution in [2.24, 2.45) is 5.92 Å². The van der Waals surface area contributed by atoms with Crippen LogP contribution in [0.25, 0.3) is 0 Å². The smallest absolute Gasteiger partial charge is 0.317 e. The molecule has 24 heavy (non-hydrogen) atoms. The molecule has 0 atom stereocenters. The second-order valence-electron chi connectivity index (χ2n) is 7.09. The minimum absolute atomic E-state index is 0.127. The molecule has 0 bridgehead atoms. The fraction of sp³-hybridized carbons (Fsp3) is 0.667. The predicted molar refractivity (Wildman–Crippen MR) is 94.1 cm³/mol. The van der Waals surface area contributed by atoms with Crippen molar-refractivity contribution >= 4 is 23.2 Å². The third-order valence-corrected chi connectivity index (χ3v) is 5.87. The standard InChI is InChI=1S/C18H26N2O3S/c21-17(5-1-3-16-4-2-8-24-16)19-14-9-15(10-14)20(12-18(22)23)11-13-6-7-13/h2,4,8,13-15H,1,3,5-7,9-12H2,(H,19,21)(H,22,23). The van der Waals surface area contributed by atoms with Crippen LogP contribution in [0.3, 0.4) is 0 Å². The molecule has 1 aromatic rings. The zero-order valence-corrected chi connectivity index (χ0v) is 14.8. The monoisotopic (exact) mass is 350 g/mol. The zero-order valence-electron chi connectivity index (χ0n) is 13.9. The second kappa shape index (κ2) is 8.12. The number of aryl methyl sites for hydroxylation is 1. The van der Waals surface area contributed by atoms with Gasteiger partial charge in [-0.2, -0.15) is 0 Å². The Kier molecular flexibility index (Phi) is 5.89. The maximum atomic E-state index is 12.0. The number of hydrogen-bond donors (Lipinski definition) is 2. The number of carbonyl (C=O) groups is 2. The number of nitrogens with zero attached hydrogens (tertiary/aromatic N) is 1. The molecule has 3 rings (SSSR count). The van der Waals surface area contributed by atoms with Gasteiger partial charge in [-0.3, -0.25) is 14.5 Å². The summed E-state index contributed by atoms with van der Waals surface area (Å²) in [4.78, 5) is 26.4. The number of carboxylic acid groups (broad SMARTS) is 1. The molecule has 2 fully saturated rings. The van der Waals surface area contributed by atoms with Gasteiger partial charge in [-0.15, -0.1) is 11.3 Å². The third-order valence-electron chi connectivity index (χ3n) is 4.93. The summed E-state index contributed by atoms with van der Waals surface area (Å²) in [5.41, 5.74) is 0. The summed E-state index contributed by atoms with van der Waals surface area (Å²) in [5, 5.41) is 14.2. The van der Waals surface area contributed by atoms with Crippen LogP contribution in [0.5, 0.6) is 0 Å². The first-order valence-electron chi connectivity index (χ1n) is 8.87. The van der Waals surface area contributed by atoms with Gasteiger partial charge in [-0.25, -0.2) is 0 Å². The molecule has 1 heterocycles. The molecule has 0 radical (unpaired) electrons. The fourth-order valence-electron chi connectivity index (χ4n) is 3.33. The maximum absolute atomic E-state index is 12.0. The van der Waals surface area contributed by atoms with E-state index in [0.717, 1.165) is 32.2 Å². The van der Waals surface area contributed by atoms with E-state index in [0.29, 0.717) is 18.4 Å². The van der Waals surface area contributed by atoms with Crippen LogP contribution in [0.15, 0.2) is 17.5 Å². The molecule has 0 spiro atoms. The van der Waals surface area contributed by atoms with E-state index in [-0.39, 0.29) is 18.5 Å². The molecule has 6 heteroatoms. The van der Waals surface area contributed by atoms with Crippen molar-refractivity contribution in [1.29, 1.82) is 0 Å². The molecule has 2 N–H and O–H groups in total. The van der Waals surface area contributed by atoms with E-state index in [9.17, 15) is 9.59 Å². The highest BCUT2D eigenvalue weighted by Crippen LogP contribution is 2.33. The van der Waals surface area contributed by atoms with Gasteiger partial charge in [0.25, 0.3) is 0 Å². The van der Waals surface area contributed by atoms with Crippen LogP contribution in [-0.2, 0) is 16.0 Å². The van der Waals surface area contributed by atoms with Gasteiger partial charge >= 0.3 is 5.97 Å². The Morgan fingerprint density at radius 3 is 2.75 bits per heavy atom. The Hall–Kier alpha value is -1.40. The molecule has 5 nitrogen and oxygen atoms in total. The number of amides is 1. The Morgan fingerprint density at radius 1 is 1.33 bits per heavy atom.